The molecule has 0 fully saturated rings. The number of aryl methyl sites for hydroxylation is 3. The highest BCUT2D eigenvalue weighted by Gasteiger charge is 2.12. The monoisotopic (exact) mass is 285 g/mol. The summed E-state index contributed by atoms with van der Waals surface area (Å²) < 4.78 is 13.4. The van der Waals surface area contributed by atoms with Crippen LogP contribution in [0.25, 0.3) is 0 Å². The summed E-state index contributed by atoms with van der Waals surface area (Å²) in [6.45, 7) is 6.99. The van der Waals surface area contributed by atoms with Crippen LogP contribution in [0, 0.1) is 19.7 Å². The van der Waals surface area contributed by atoms with Crippen LogP contribution >= 0.6 is 0 Å². The van der Waals surface area contributed by atoms with E-state index in [1.165, 1.54) is 16.7 Å². The largest absolute Gasteiger partial charge is 0.310 e. The van der Waals surface area contributed by atoms with Crippen LogP contribution < -0.4 is 5.32 Å². The van der Waals surface area contributed by atoms with Crippen molar-refractivity contribution in [3.05, 3.63) is 70.5 Å². The zero-order valence-corrected chi connectivity index (χ0v) is 13.1. The third kappa shape index (κ3) is 4.15. The van der Waals surface area contributed by atoms with Crippen LogP contribution in [-0.2, 0) is 6.42 Å². The Bertz CT molecular complexity index is 592. The lowest BCUT2D eigenvalue weighted by Crippen LogP contribution is -2.21. The van der Waals surface area contributed by atoms with Crippen LogP contribution in [0.4, 0.5) is 4.39 Å². The first-order chi connectivity index (χ1) is 10.1. The molecular weight excluding hydrogens is 261 g/mol. The van der Waals surface area contributed by atoms with E-state index >= 15 is 0 Å². The molecule has 0 radical (unpaired) electrons. The molecule has 0 saturated carbocycles. The van der Waals surface area contributed by atoms with Gasteiger partial charge in [0.2, 0.25) is 0 Å². The maximum absolute atomic E-state index is 13.4. The zero-order chi connectivity index (χ0) is 15.2. The predicted molar refractivity (Wildman–Crippen MR) is 87.1 cm³/mol. The van der Waals surface area contributed by atoms with Crippen molar-refractivity contribution in [1.82, 2.24) is 5.32 Å². The van der Waals surface area contributed by atoms with Gasteiger partial charge < -0.3 is 5.32 Å². The van der Waals surface area contributed by atoms with Crippen LogP contribution in [0.5, 0.6) is 0 Å². The van der Waals surface area contributed by atoms with Gasteiger partial charge in [-0.15, -0.1) is 0 Å². The molecule has 1 atom stereocenters. The number of hydrogen-bond donors (Lipinski definition) is 1. The number of benzene rings is 2. The highest BCUT2D eigenvalue weighted by molar-refractivity contribution is 5.28. The molecule has 2 heteroatoms. The second-order valence-corrected chi connectivity index (χ2v) is 5.58. The second kappa shape index (κ2) is 7.37. The van der Waals surface area contributed by atoms with Gasteiger partial charge in [0.05, 0.1) is 0 Å². The number of nitrogens with one attached hydrogen (secondary N) is 1. The molecule has 0 heterocycles. The Morgan fingerprint density at radius 2 is 1.81 bits per heavy atom. The molecule has 2 rings (SSSR count). The van der Waals surface area contributed by atoms with Gasteiger partial charge in [-0.2, -0.15) is 0 Å². The van der Waals surface area contributed by atoms with Crippen molar-refractivity contribution < 1.29 is 4.39 Å². The standard InChI is InChI=1S/C19H24FN/c1-4-21-19(17-9-11-18(20)15(3)13-17)12-10-16-8-6-5-7-14(16)2/h5-9,11,13,19,21H,4,10,12H2,1-3H3. The SMILES string of the molecule is CCNC(CCc1ccccc1C)c1ccc(F)c(C)c1. The van der Waals surface area contributed by atoms with Gasteiger partial charge in [-0.25, -0.2) is 4.39 Å². The summed E-state index contributed by atoms with van der Waals surface area (Å²) in [5, 5.41) is 3.51. The minimum Gasteiger partial charge on any atom is -0.310 e. The lowest BCUT2D eigenvalue weighted by Gasteiger charge is -2.19. The molecular formula is C19H24FN. The van der Waals surface area contributed by atoms with E-state index in [4.69, 9.17) is 0 Å². The minimum atomic E-state index is -0.132. The van der Waals surface area contributed by atoms with Crippen molar-refractivity contribution in [2.45, 2.75) is 39.7 Å². The van der Waals surface area contributed by atoms with Crippen molar-refractivity contribution in [3.63, 3.8) is 0 Å². The minimum absolute atomic E-state index is 0.132. The molecule has 0 aromatic heterocycles. The Kier molecular flexibility index (Phi) is 5.51. The van der Waals surface area contributed by atoms with E-state index in [1.807, 2.05) is 19.1 Å². The molecule has 21 heavy (non-hydrogen) atoms. The number of rotatable bonds is 6. The molecule has 0 bridgehead atoms. The molecule has 0 saturated heterocycles. The molecule has 0 aliphatic rings. The average molecular weight is 285 g/mol. The fourth-order valence-corrected chi connectivity index (χ4v) is 2.71. The van der Waals surface area contributed by atoms with Gasteiger partial charge in [-0.3, -0.25) is 0 Å². The molecule has 0 amide bonds. The molecule has 0 aliphatic carbocycles. The van der Waals surface area contributed by atoms with Crippen molar-refractivity contribution >= 4 is 0 Å². The van der Waals surface area contributed by atoms with Gasteiger partial charge in [-0.1, -0.05) is 43.3 Å². The van der Waals surface area contributed by atoms with E-state index < -0.39 is 0 Å². The van der Waals surface area contributed by atoms with Gasteiger partial charge in [0.15, 0.2) is 0 Å². The first-order valence-electron chi connectivity index (χ1n) is 7.65. The van der Waals surface area contributed by atoms with E-state index in [2.05, 4.69) is 43.4 Å². The molecule has 112 valence electrons. The Hall–Kier alpha value is -1.67. The summed E-state index contributed by atoms with van der Waals surface area (Å²) in [4.78, 5) is 0. The van der Waals surface area contributed by atoms with Gasteiger partial charge >= 0.3 is 0 Å². The lowest BCUT2D eigenvalue weighted by atomic mass is 9.96. The summed E-state index contributed by atoms with van der Waals surface area (Å²) in [6.07, 6.45) is 2.05. The Balaban J connectivity index is 2.12. The van der Waals surface area contributed by atoms with Crippen LogP contribution in [-0.4, -0.2) is 6.54 Å². The zero-order valence-electron chi connectivity index (χ0n) is 13.1. The Morgan fingerprint density at radius 3 is 2.48 bits per heavy atom. The third-order valence-corrected chi connectivity index (χ3v) is 4.00. The Labute approximate surface area is 127 Å². The second-order valence-electron chi connectivity index (χ2n) is 5.58. The normalized spacial score (nSPS) is 12.4. The van der Waals surface area contributed by atoms with Crippen molar-refractivity contribution in [3.8, 4) is 0 Å². The smallest absolute Gasteiger partial charge is 0.126 e. The van der Waals surface area contributed by atoms with Crippen LogP contribution in [0.1, 0.15) is 41.6 Å². The fourth-order valence-electron chi connectivity index (χ4n) is 2.71. The van der Waals surface area contributed by atoms with Gasteiger partial charge in [0.25, 0.3) is 0 Å². The molecule has 0 aliphatic heterocycles. The first kappa shape index (κ1) is 15.7. The van der Waals surface area contributed by atoms with E-state index in [-0.39, 0.29) is 11.9 Å². The summed E-state index contributed by atoms with van der Waals surface area (Å²) in [7, 11) is 0. The molecule has 1 unspecified atom stereocenters. The summed E-state index contributed by atoms with van der Waals surface area (Å²) in [5.74, 6) is -0.132. The van der Waals surface area contributed by atoms with Crippen LogP contribution in [0.15, 0.2) is 42.5 Å². The molecule has 1 nitrogen and oxygen atoms in total. The van der Waals surface area contributed by atoms with Crippen LogP contribution in [0.2, 0.25) is 0 Å². The highest BCUT2D eigenvalue weighted by atomic mass is 19.1. The van der Waals surface area contributed by atoms with E-state index in [1.54, 1.807) is 6.07 Å². The van der Waals surface area contributed by atoms with Gasteiger partial charge in [-0.05, 0) is 61.6 Å². The average Bonchev–Trinajstić information content (AvgIpc) is 2.48. The molecule has 2 aromatic carbocycles. The van der Waals surface area contributed by atoms with Gasteiger partial charge in [0.1, 0.15) is 5.82 Å². The van der Waals surface area contributed by atoms with Crippen molar-refractivity contribution in [2.24, 2.45) is 0 Å². The predicted octanol–water partition coefficient (Wildman–Crippen LogP) is 4.73. The molecule has 0 spiro atoms. The quantitative estimate of drug-likeness (QED) is 0.809. The summed E-state index contributed by atoms with van der Waals surface area (Å²) in [6, 6.07) is 14.2. The van der Waals surface area contributed by atoms with E-state index in [0.29, 0.717) is 5.56 Å². The van der Waals surface area contributed by atoms with E-state index in [0.717, 1.165) is 19.4 Å². The molecule has 1 N–H and O–H groups in total. The Morgan fingerprint density at radius 1 is 1.05 bits per heavy atom. The van der Waals surface area contributed by atoms with Crippen molar-refractivity contribution in [2.75, 3.05) is 6.54 Å². The maximum Gasteiger partial charge on any atom is 0.126 e. The maximum atomic E-state index is 13.4. The molecule has 2 aromatic rings. The fraction of sp³-hybridized carbons (Fsp3) is 0.368. The lowest BCUT2D eigenvalue weighted by molar-refractivity contribution is 0.513. The van der Waals surface area contributed by atoms with Crippen LogP contribution in [0.3, 0.4) is 0 Å². The summed E-state index contributed by atoms with van der Waals surface area (Å²) in [5.41, 5.74) is 4.61. The topological polar surface area (TPSA) is 12.0 Å². The van der Waals surface area contributed by atoms with E-state index in [9.17, 15) is 4.39 Å². The number of halogens is 1. The summed E-state index contributed by atoms with van der Waals surface area (Å²) >= 11 is 0. The van der Waals surface area contributed by atoms with Crippen molar-refractivity contribution in [1.29, 1.82) is 0 Å². The number of hydrogen-bond acceptors (Lipinski definition) is 1. The third-order valence-electron chi connectivity index (χ3n) is 4.00. The first-order valence-corrected chi connectivity index (χ1v) is 7.65. The highest BCUT2D eigenvalue weighted by Crippen LogP contribution is 2.22. The van der Waals surface area contributed by atoms with Gasteiger partial charge in [0, 0.05) is 6.04 Å².